The number of carbonyl (C=O) groups is 2. The Labute approximate surface area is 94.6 Å². The molecule has 7 nitrogen and oxygen atoms in total. The lowest BCUT2D eigenvalue weighted by Crippen LogP contribution is -2.55. The number of nitrogens with one attached hydrogen (secondary N) is 3. The molecule has 0 aliphatic carbocycles. The summed E-state index contributed by atoms with van der Waals surface area (Å²) in [6.45, 7) is 5.30. The fraction of sp³-hybridized carbons (Fsp3) is 0.667. The van der Waals surface area contributed by atoms with Crippen LogP contribution < -0.4 is 10.6 Å². The molecule has 0 spiro atoms. The summed E-state index contributed by atoms with van der Waals surface area (Å²) in [6, 6.07) is -1.98. The minimum Gasteiger partial charge on any atom is -0.468 e. The monoisotopic (exact) mass is 230 g/mol. The summed E-state index contributed by atoms with van der Waals surface area (Å²) in [5.41, 5.74) is -0.503. The summed E-state index contributed by atoms with van der Waals surface area (Å²) in [5, 5.41) is 12.2. The van der Waals surface area contributed by atoms with Crippen molar-refractivity contribution in [1.29, 1.82) is 5.41 Å². The molecule has 0 aliphatic rings. The average Bonchev–Trinajstić information content (AvgIpc) is 2.14. The van der Waals surface area contributed by atoms with E-state index in [0.29, 0.717) is 4.90 Å². The molecule has 0 atom stereocenters. The molecule has 0 aromatic heterocycles. The van der Waals surface area contributed by atoms with Crippen molar-refractivity contribution in [1.82, 2.24) is 15.5 Å². The fourth-order valence-electron chi connectivity index (χ4n) is 0.856. The van der Waals surface area contributed by atoms with Crippen molar-refractivity contribution in [2.45, 2.75) is 26.3 Å². The van der Waals surface area contributed by atoms with Crippen LogP contribution in [0.3, 0.4) is 0 Å². The fourth-order valence-corrected chi connectivity index (χ4v) is 0.856. The molecule has 0 bridgehead atoms. The zero-order valence-corrected chi connectivity index (χ0v) is 10.2. The van der Waals surface area contributed by atoms with E-state index in [1.165, 1.54) is 14.2 Å². The van der Waals surface area contributed by atoms with Crippen molar-refractivity contribution in [2.75, 3.05) is 14.2 Å². The zero-order valence-electron chi connectivity index (χ0n) is 10.2. The molecule has 0 saturated heterocycles. The first kappa shape index (κ1) is 14.2. The van der Waals surface area contributed by atoms with Crippen LogP contribution in [-0.4, -0.2) is 42.7 Å². The molecule has 0 radical (unpaired) electrons. The van der Waals surface area contributed by atoms with Crippen LogP contribution in [0, 0.1) is 5.41 Å². The van der Waals surface area contributed by atoms with Gasteiger partial charge < -0.3 is 15.4 Å². The number of amidine groups is 1. The Balaban J connectivity index is 4.84. The van der Waals surface area contributed by atoms with Crippen molar-refractivity contribution in [2.24, 2.45) is 0 Å². The standard InChI is InChI=1S/C9H18N4O3/c1-9(2,3)12-8(15)13(6(10)16-5)7(14)11-4/h10H,1-5H3,(H,11,14)(H,12,15). The number of imide groups is 1. The van der Waals surface area contributed by atoms with Crippen LogP contribution in [0.4, 0.5) is 9.59 Å². The second-order valence-corrected chi connectivity index (χ2v) is 4.08. The van der Waals surface area contributed by atoms with E-state index in [-0.39, 0.29) is 0 Å². The van der Waals surface area contributed by atoms with Crippen LogP contribution in [0.1, 0.15) is 20.8 Å². The van der Waals surface area contributed by atoms with Gasteiger partial charge in [-0.1, -0.05) is 0 Å². The lowest BCUT2D eigenvalue weighted by molar-refractivity contribution is 0.190. The molecule has 0 unspecified atom stereocenters. The summed E-state index contributed by atoms with van der Waals surface area (Å²) < 4.78 is 4.56. The van der Waals surface area contributed by atoms with Crippen molar-refractivity contribution in [3.8, 4) is 0 Å². The van der Waals surface area contributed by atoms with Crippen molar-refractivity contribution < 1.29 is 14.3 Å². The number of methoxy groups -OCH3 is 1. The highest BCUT2D eigenvalue weighted by molar-refractivity contribution is 6.08. The third-order valence-corrected chi connectivity index (χ3v) is 1.50. The highest BCUT2D eigenvalue weighted by atomic mass is 16.5. The molecule has 4 amide bonds. The minimum absolute atomic E-state index is 0.503. The molecule has 92 valence electrons. The van der Waals surface area contributed by atoms with Crippen molar-refractivity contribution >= 4 is 18.1 Å². The quantitative estimate of drug-likeness (QED) is 0.422. The predicted octanol–water partition coefficient (Wildman–Crippen LogP) is 0.717. The van der Waals surface area contributed by atoms with E-state index < -0.39 is 23.6 Å². The number of hydrogen-bond donors (Lipinski definition) is 3. The Morgan fingerprint density at radius 2 is 1.75 bits per heavy atom. The van der Waals surface area contributed by atoms with Gasteiger partial charge in [-0.25, -0.2) is 9.59 Å². The molecule has 3 N–H and O–H groups in total. The van der Waals surface area contributed by atoms with Gasteiger partial charge in [-0.3, -0.25) is 5.41 Å². The van der Waals surface area contributed by atoms with Gasteiger partial charge in [0.25, 0.3) is 0 Å². The Morgan fingerprint density at radius 3 is 2.06 bits per heavy atom. The lowest BCUT2D eigenvalue weighted by atomic mass is 10.1. The summed E-state index contributed by atoms with van der Waals surface area (Å²) in [6.07, 6.45) is 0. The van der Waals surface area contributed by atoms with Crippen molar-refractivity contribution in [3.63, 3.8) is 0 Å². The van der Waals surface area contributed by atoms with Crippen molar-refractivity contribution in [3.05, 3.63) is 0 Å². The second kappa shape index (κ2) is 5.34. The molecule has 7 heteroatoms. The Bertz CT molecular complexity index is 280. The summed E-state index contributed by atoms with van der Waals surface area (Å²) in [7, 11) is 2.57. The smallest absolute Gasteiger partial charge is 0.334 e. The molecular weight excluding hydrogens is 212 g/mol. The first-order valence-electron chi connectivity index (χ1n) is 4.69. The van der Waals surface area contributed by atoms with Gasteiger partial charge in [0.05, 0.1) is 7.11 Å². The molecule has 0 saturated carbocycles. The van der Waals surface area contributed by atoms with E-state index in [2.05, 4.69) is 15.4 Å². The summed E-state index contributed by atoms with van der Waals surface area (Å²) >= 11 is 0. The molecule has 0 fully saturated rings. The zero-order chi connectivity index (χ0) is 12.9. The third kappa shape index (κ3) is 4.16. The molecule has 0 rings (SSSR count). The Hall–Kier alpha value is -1.79. The van der Waals surface area contributed by atoms with Crippen LogP contribution in [-0.2, 0) is 4.74 Å². The van der Waals surface area contributed by atoms with Crippen LogP contribution in [0.15, 0.2) is 0 Å². The maximum absolute atomic E-state index is 11.7. The Kier molecular flexibility index (Phi) is 4.74. The number of hydrogen-bond acceptors (Lipinski definition) is 4. The first-order valence-corrected chi connectivity index (χ1v) is 4.69. The van der Waals surface area contributed by atoms with E-state index in [1.807, 2.05) is 0 Å². The highest BCUT2D eigenvalue weighted by Gasteiger charge is 2.28. The third-order valence-electron chi connectivity index (χ3n) is 1.50. The second-order valence-electron chi connectivity index (χ2n) is 4.08. The van der Waals surface area contributed by atoms with E-state index in [9.17, 15) is 9.59 Å². The predicted molar refractivity (Wildman–Crippen MR) is 59.3 cm³/mol. The molecule has 16 heavy (non-hydrogen) atoms. The highest BCUT2D eigenvalue weighted by Crippen LogP contribution is 2.02. The number of ether oxygens (including phenoxy) is 1. The normalized spacial score (nSPS) is 10.3. The van der Waals surface area contributed by atoms with E-state index in [0.717, 1.165) is 0 Å². The summed E-state index contributed by atoms with van der Waals surface area (Å²) in [4.78, 5) is 23.6. The number of amides is 4. The number of carbonyl (C=O) groups excluding carboxylic acids is 2. The van der Waals surface area contributed by atoms with E-state index in [1.54, 1.807) is 20.8 Å². The molecule has 0 aromatic rings. The molecule has 0 heterocycles. The van der Waals surface area contributed by atoms with Gasteiger partial charge in [-0.2, -0.15) is 4.90 Å². The van der Waals surface area contributed by atoms with E-state index >= 15 is 0 Å². The average molecular weight is 230 g/mol. The molecule has 0 aliphatic heterocycles. The molecular formula is C9H18N4O3. The topological polar surface area (TPSA) is 94.5 Å². The van der Waals surface area contributed by atoms with Gasteiger partial charge >= 0.3 is 18.1 Å². The number of nitrogens with zero attached hydrogens (tertiary/aromatic N) is 1. The minimum atomic E-state index is -0.728. The van der Waals surface area contributed by atoms with Gasteiger partial charge in [-0.15, -0.1) is 0 Å². The SMILES string of the molecule is CNC(=O)N(C(=N)OC)C(=O)NC(C)(C)C. The van der Waals surface area contributed by atoms with Gasteiger partial charge in [0, 0.05) is 12.6 Å². The summed E-state index contributed by atoms with van der Waals surface area (Å²) in [5.74, 6) is 0. The largest absolute Gasteiger partial charge is 0.468 e. The lowest BCUT2D eigenvalue weighted by Gasteiger charge is -2.25. The number of urea groups is 2. The Morgan fingerprint density at radius 1 is 1.25 bits per heavy atom. The first-order chi connectivity index (χ1) is 7.22. The van der Waals surface area contributed by atoms with Gasteiger partial charge in [0.15, 0.2) is 0 Å². The maximum atomic E-state index is 11.7. The molecule has 0 aromatic carbocycles. The van der Waals surface area contributed by atoms with Crippen LogP contribution >= 0.6 is 0 Å². The van der Waals surface area contributed by atoms with Gasteiger partial charge in [0.2, 0.25) is 0 Å². The van der Waals surface area contributed by atoms with Gasteiger partial charge in [0.1, 0.15) is 0 Å². The number of rotatable bonds is 0. The maximum Gasteiger partial charge on any atom is 0.334 e. The van der Waals surface area contributed by atoms with Gasteiger partial charge in [-0.05, 0) is 20.8 Å². The van der Waals surface area contributed by atoms with Crippen LogP contribution in [0.25, 0.3) is 0 Å². The van der Waals surface area contributed by atoms with E-state index in [4.69, 9.17) is 5.41 Å². The van der Waals surface area contributed by atoms with Crippen LogP contribution in [0.5, 0.6) is 0 Å². The van der Waals surface area contributed by atoms with Crippen LogP contribution in [0.2, 0.25) is 0 Å².